The van der Waals surface area contributed by atoms with E-state index in [1.165, 1.54) is 0 Å². The van der Waals surface area contributed by atoms with Gasteiger partial charge in [0.15, 0.2) is 0 Å². The van der Waals surface area contributed by atoms with Crippen molar-refractivity contribution in [2.75, 3.05) is 19.6 Å². The van der Waals surface area contributed by atoms with Gasteiger partial charge in [-0.2, -0.15) is 0 Å². The Labute approximate surface area is 81.1 Å². The number of hydrogen-bond acceptors (Lipinski definition) is 3. The molecule has 1 saturated heterocycles. The van der Waals surface area contributed by atoms with Gasteiger partial charge in [0.1, 0.15) is 0 Å². The fraction of sp³-hybridized carbons (Fsp3) is 1.00. The molecule has 0 aromatic carbocycles. The molecule has 78 valence electrons. The van der Waals surface area contributed by atoms with Crippen molar-refractivity contribution in [2.24, 2.45) is 0 Å². The molecule has 2 N–H and O–H groups in total. The van der Waals surface area contributed by atoms with Crippen LogP contribution in [-0.2, 0) is 0 Å². The van der Waals surface area contributed by atoms with E-state index in [1.807, 2.05) is 13.8 Å². The van der Waals surface area contributed by atoms with E-state index < -0.39 is 5.60 Å². The van der Waals surface area contributed by atoms with Crippen LogP contribution in [0.15, 0.2) is 0 Å². The van der Waals surface area contributed by atoms with Gasteiger partial charge in [-0.1, -0.05) is 0 Å². The second-order valence-electron chi connectivity index (χ2n) is 4.75. The molecule has 1 rings (SSSR count). The second-order valence-corrected chi connectivity index (χ2v) is 4.75. The summed E-state index contributed by atoms with van der Waals surface area (Å²) >= 11 is 0. The monoisotopic (exact) mass is 186 g/mol. The molecule has 0 radical (unpaired) electrons. The van der Waals surface area contributed by atoms with E-state index in [-0.39, 0.29) is 6.04 Å². The van der Waals surface area contributed by atoms with Crippen LogP contribution < -0.4 is 5.32 Å². The molecule has 13 heavy (non-hydrogen) atoms. The van der Waals surface area contributed by atoms with Gasteiger partial charge in [-0.05, 0) is 27.7 Å². The molecule has 3 nitrogen and oxygen atoms in total. The van der Waals surface area contributed by atoms with Crippen LogP contribution in [0.2, 0.25) is 0 Å². The molecule has 1 aliphatic heterocycles. The molecule has 0 aromatic heterocycles. The molecule has 0 unspecified atom stereocenters. The minimum absolute atomic E-state index is 0.198. The summed E-state index contributed by atoms with van der Waals surface area (Å²) in [6.07, 6.45) is 0. The van der Waals surface area contributed by atoms with Gasteiger partial charge >= 0.3 is 0 Å². The molecule has 0 aromatic rings. The molecule has 0 bridgehead atoms. The van der Waals surface area contributed by atoms with Gasteiger partial charge in [-0.25, -0.2) is 0 Å². The largest absolute Gasteiger partial charge is 0.389 e. The first-order valence-electron chi connectivity index (χ1n) is 5.11. The summed E-state index contributed by atoms with van der Waals surface area (Å²) in [6, 6.07) is 0.774. The highest BCUT2D eigenvalue weighted by Crippen LogP contribution is 2.14. The first kappa shape index (κ1) is 11.0. The summed E-state index contributed by atoms with van der Waals surface area (Å²) in [5.41, 5.74) is -0.617. The van der Waals surface area contributed by atoms with Gasteiger partial charge < -0.3 is 10.4 Å². The van der Waals surface area contributed by atoms with E-state index >= 15 is 0 Å². The molecule has 1 aliphatic rings. The van der Waals surface area contributed by atoms with Crippen LogP contribution in [0.4, 0.5) is 0 Å². The summed E-state index contributed by atoms with van der Waals surface area (Å²) in [5.74, 6) is 0. The van der Waals surface area contributed by atoms with E-state index in [4.69, 9.17) is 0 Å². The average Bonchev–Trinajstić information content (AvgIpc) is 2.03. The zero-order valence-corrected chi connectivity index (χ0v) is 9.17. The van der Waals surface area contributed by atoms with Gasteiger partial charge in [-0.15, -0.1) is 0 Å². The van der Waals surface area contributed by atoms with Crippen LogP contribution in [0.25, 0.3) is 0 Å². The lowest BCUT2D eigenvalue weighted by molar-refractivity contribution is 0.00374. The minimum atomic E-state index is -0.617. The lowest BCUT2D eigenvalue weighted by atomic mass is 9.96. The summed E-state index contributed by atoms with van der Waals surface area (Å²) < 4.78 is 0. The molecule has 1 fully saturated rings. The van der Waals surface area contributed by atoms with E-state index in [9.17, 15) is 5.11 Å². The molecule has 1 heterocycles. The standard InChI is InChI=1S/C10H22N2O/c1-8(2)12-6-5-11-9(7-12)10(3,4)13/h8-9,11,13H,5-7H2,1-4H3/t9-/m0/s1. The highest BCUT2D eigenvalue weighted by molar-refractivity contribution is 4.90. The third-order valence-corrected chi connectivity index (χ3v) is 2.79. The first-order valence-corrected chi connectivity index (χ1v) is 5.11. The maximum Gasteiger partial charge on any atom is 0.0756 e. The Morgan fingerprint density at radius 1 is 1.46 bits per heavy atom. The summed E-state index contributed by atoms with van der Waals surface area (Å²) in [4.78, 5) is 2.40. The van der Waals surface area contributed by atoms with Gasteiger partial charge in [0.2, 0.25) is 0 Å². The van der Waals surface area contributed by atoms with Crippen molar-refractivity contribution >= 4 is 0 Å². The van der Waals surface area contributed by atoms with Crippen LogP contribution in [-0.4, -0.2) is 47.3 Å². The number of piperazine rings is 1. The van der Waals surface area contributed by atoms with E-state index in [1.54, 1.807) is 0 Å². The third-order valence-electron chi connectivity index (χ3n) is 2.79. The van der Waals surface area contributed by atoms with Crippen molar-refractivity contribution < 1.29 is 5.11 Å². The first-order chi connectivity index (χ1) is 5.91. The van der Waals surface area contributed by atoms with Crippen LogP contribution in [0.3, 0.4) is 0 Å². The van der Waals surface area contributed by atoms with Crippen LogP contribution in [0.5, 0.6) is 0 Å². The second kappa shape index (κ2) is 3.95. The normalized spacial score (nSPS) is 26.8. The van der Waals surface area contributed by atoms with Crippen LogP contribution in [0.1, 0.15) is 27.7 Å². The van der Waals surface area contributed by atoms with Crippen molar-refractivity contribution in [3.05, 3.63) is 0 Å². The van der Waals surface area contributed by atoms with E-state index in [0.29, 0.717) is 6.04 Å². The lowest BCUT2D eigenvalue weighted by Gasteiger charge is -2.41. The Morgan fingerprint density at radius 2 is 2.08 bits per heavy atom. The highest BCUT2D eigenvalue weighted by atomic mass is 16.3. The topological polar surface area (TPSA) is 35.5 Å². The van der Waals surface area contributed by atoms with Crippen molar-refractivity contribution in [1.82, 2.24) is 10.2 Å². The number of nitrogens with zero attached hydrogens (tertiary/aromatic N) is 1. The molecule has 0 amide bonds. The molecule has 0 aliphatic carbocycles. The Kier molecular flexibility index (Phi) is 3.33. The molecule has 3 heteroatoms. The van der Waals surface area contributed by atoms with E-state index in [0.717, 1.165) is 19.6 Å². The van der Waals surface area contributed by atoms with Gasteiger partial charge in [-0.3, -0.25) is 4.90 Å². The quantitative estimate of drug-likeness (QED) is 0.657. The Balaban J connectivity index is 2.52. The van der Waals surface area contributed by atoms with Crippen molar-refractivity contribution in [2.45, 2.75) is 45.4 Å². The van der Waals surface area contributed by atoms with Crippen molar-refractivity contribution in [3.63, 3.8) is 0 Å². The zero-order chi connectivity index (χ0) is 10.1. The molecule has 0 saturated carbocycles. The van der Waals surface area contributed by atoms with Gasteiger partial charge in [0, 0.05) is 31.7 Å². The van der Waals surface area contributed by atoms with Crippen molar-refractivity contribution in [3.8, 4) is 0 Å². The fourth-order valence-electron chi connectivity index (χ4n) is 1.71. The lowest BCUT2D eigenvalue weighted by Crippen LogP contribution is -2.60. The molecule has 0 spiro atoms. The van der Waals surface area contributed by atoms with Crippen molar-refractivity contribution in [1.29, 1.82) is 0 Å². The number of hydrogen-bond donors (Lipinski definition) is 2. The minimum Gasteiger partial charge on any atom is -0.389 e. The highest BCUT2D eigenvalue weighted by Gasteiger charge is 2.31. The summed E-state index contributed by atoms with van der Waals surface area (Å²) in [5, 5.41) is 13.2. The molecular formula is C10H22N2O. The molecule has 1 atom stereocenters. The Hall–Kier alpha value is -0.120. The van der Waals surface area contributed by atoms with Crippen LogP contribution >= 0.6 is 0 Å². The smallest absolute Gasteiger partial charge is 0.0756 e. The number of rotatable bonds is 2. The maximum absolute atomic E-state index is 9.85. The van der Waals surface area contributed by atoms with Gasteiger partial charge in [0.25, 0.3) is 0 Å². The maximum atomic E-state index is 9.85. The Morgan fingerprint density at radius 3 is 2.54 bits per heavy atom. The fourth-order valence-corrected chi connectivity index (χ4v) is 1.71. The predicted octanol–water partition coefficient (Wildman–Crippen LogP) is 0.439. The average molecular weight is 186 g/mol. The summed E-state index contributed by atoms with van der Waals surface area (Å²) in [6.45, 7) is 11.2. The number of nitrogens with one attached hydrogen (secondary N) is 1. The molecular weight excluding hydrogens is 164 g/mol. The van der Waals surface area contributed by atoms with E-state index in [2.05, 4.69) is 24.1 Å². The predicted molar refractivity (Wildman–Crippen MR) is 54.8 cm³/mol. The Bertz CT molecular complexity index is 163. The van der Waals surface area contributed by atoms with Crippen LogP contribution in [0, 0.1) is 0 Å². The SMILES string of the molecule is CC(C)N1CCN[C@H](C(C)(C)O)C1. The number of aliphatic hydroxyl groups is 1. The third kappa shape index (κ3) is 2.93. The summed E-state index contributed by atoms with van der Waals surface area (Å²) in [7, 11) is 0. The van der Waals surface area contributed by atoms with Gasteiger partial charge in [0.05, 0.1) is 5.60 Å². The zero-order valence-electron chi connectivity index (χ0n) is 9.17.